The highest BCUT2D eigenvalue weighted by molar-refractivity contribution is 5.94. The number of anilines is 1. The molecule has 7 heteroatoms. The van der Waals surface area contributed by atoms with Crippen LogP contribution >= 0.6 is 0 Å². The molecule has 3 heterocycles. The molecule has 7 nitrogen and oxygen atoms in total. The number of hydrogen-bond acceptors (Lipinski definition) is 5. The zero-order chi connectivity index (χ0) is 20.7. The monoisotopic (exact) mass is 408 g/mol. The number of aromatic nitrogens is 2. The third kappa shape index (κ3) is 3.51. The molecule has 2 N–H and O–H groups in total. The van der Waals surface area contributed by atoms with Crippen LogP contribution in [0.3, 0.4) is 0 Å². The lowest BCUT2D eigenvalue weighted by Gasteiger charge is -2.37. The Bertz CT molecular complexity index is 990. The maximum Gasteiger partial charge on any atom is 0.261 e. The Morgan fingerprint density at radius 3 is 2.83 bits per heavy atom. The highest BCUT2D eigenvalue weighted by Crippen LogP contribution is 2.38. The molecule has 0 spiro atoms. The fourth-order valence-electron chi connectivity index (χ4n) is 5.47. The minimum Gasteiger partial charge on any atom is -0.379 e. The van der Waals surface area contributed by atoms with Crippen LogP contribution in [0.25, 0.3) is 0 Å². The van der Waals surface area contributed by atoms with Gasteiger partial charge in [-0.05, 0) is 67.7 Å². The van der Waals surface area contributed by atoms with E-state index in [1.165, 1.54) is 0 Å². The molecule has 2 aromatic heterocycles. The standard InChI is InChI=1S/C23H28N4O3/c1-30-20-11-16-13-27(12-15(16)10-19(20)25-21-7-2-3-8-24-21)23(29)17-9-14-5-4-6-18(14)26-22(17)28/h2-3,7-9,15-16,19-20H,4-6,10-13H2,1H3,(H,24,25)(H,26,28)/t15-,16+,19-,20-/m1/s1. The smallest absolute Gasteiger partial charge is 0.261 e. The number of H-pyrrole nitrogens is 1. The average Bonchev–Trinajstić information content (AvgIpc) is 3.38. The molecule has 2 aliphatic carbocycles. The summed E-state index contributed by atoms with van der Waals surface area (Å²) in [4.78, 5) is 34.9. The molecule has 4 atom stereocenters. The number of ether oxygens (including phenoxy) is 1. The van der Waals surface area contributed by atoms with E-state index >= 15 is 0 Å². The van der Waals surface area contributed by atoms with Crippen LogP contribution in [0.15, 0.2) is 35.3 Å². The number of nitrogens with one attached hydrogen (secondary N) is 2. The molecular weight excluding hydrogens is 380 g/mol. The number of fused-ring (bicyclic) bond motifs is 2. The van der Waals surface area contributed by atoms with E-state index in [-0.39, 0.29) is 23.6 Å². The molecule has 1 saturated heterocycles. The predicted octanol–water partition coefficient (Wildman–Crippen LogP) is 2.24. The summed E-state index contributed by atoms with van der Waals surface area (Å²) in [5.41, 5.74) is 2.16. The van der Waals surface area contributed by atoms with Crippen LogP contribution in [-0.4, -0.2) is 53.1 Å². The summed E-state index contributed by atoms with van der Waals surface area (Å²) in [5.74, 6) is 1.51. The van der Waals surface area contributed by atoms with Crippen LogP contribution in [0.2, 0.25) is 0 Å². The molecule has 2 aromatic rings. The molecule has 0 unspecified atom stereocenters. The van der Waals surface area contributed by atoms with Crippen LogP contribution < -0.4 is 10.9 Å². The summed E-state index contributed by atoms with van der Waals surface area (Å²) in [5, 5.41) is 3.51. The lowest BCUT2D eigenvalue weighted by Crippen LogP contribution is -2.44. The number of carbonyl (C=O) groups excluding carboxylic acids is 1. The Labute approximate surface area is 175 Å². The summed E-state index contributed by atoms with van der Waals surface area (Å²) < 4.78 is 5.79. The molecule has 0 bridgehead atoms. The Balaban J connectivity index is 1.31. The van der Waals surface area contributed by atoms with Crippen molar-refractivity contribution in [3.8, 4) is 0 Å². The number of amides is 1. The van der Waals surface area contributed by atoms with E-state index in [0.29, 0.717) is 30.5 Å². The van der Waals surface area contributed by atoms with Gasteiger partial charge in [-0.3, -0.25) is 9.59 Å². The van der Waals surface area contributed by atoms with Gasteiger partial charge in [-0.25, -0.2) is 4.98 Å². The number of hydrogen-bond donors (Lipinski definition) is 2. The molecule has 0 radical (unpaired) electrons. The topological polar surface area (TPSA) is 87.3 Å². The average molecular weight is 409 g/mol. The molecule has 1 amide bonds. The quantitative estimate of drug-likeness (QED) is 0.810. The Kier molecular flexibility index (Phi) is 5.06. The molecule has 1 saturated carbocycles. The van der Waals surface area contributed by atoms with Crippen molar-refractivity contribution in [3.05, 3.63) is 57.6 Å². The van der Waals surface area contributed by atoms with E-state index in [1.54, 1.807) is 13.3 Å². The summed E-state index contributed by atoms with van der Waals surface area (Å²) in [7, 11) is 1.75. The van der Waals surface area contributed by atoms with Crippen molar-refractivity contribution in [2.45, 2.75) is 44.2 Å². The van der Waals surface area contributed by atoms with Crippen molar-refractivity contribution < 1.29 is 9.53 Å². The Hall–Kier alpha value is -2.67. The second-order valence-corrected chi connectivity index (χ2v) is 8.81. The molecule has 1 aliphatic heterocycles. The van der Waals surface area contributed by atoms with Crippen LogP contribution in [0, 0.1) is 11.8 Å². The van der Waals surface area contributed by atoms with Gasteiger partial charge in [0.15, 0.2) is 0 Å². The SMILES string of the molecule is CO[C@@H]1C[C@H]2CN(C(=O)c3cc4c([nH]c3=O)CCC4)C[C@H]2C[C@H]1Nc1ccccn1. The number of pyridine rings is 2. The van der Waals surface area contributed by atoms with Gasteiger partial charge in [-0.1, -0.05) is 6.07 Å². The van der Waals surface area contributed by atoms with Crippen molar-refractivity contribution in [2.75, 3.05) is 25.5 Å². The van der Waals surface area contributed by atoms with Crippen molar-refractivity contribution in [2.24, 2.45) is 11.8 Å². The van der Waals surface area contributed by atoms with E-state index in [2.05, 4.69) is 15.3 Å². The van der Waals surface area contributed by atoms with Gasteiger partial charge >= 0.3 is 0 Å². The highest BCUT2D eigenvalue weighted by atomic mass is 16.5. The van der Waals surface area contributed by atoms with E-state index in [4.69, 9.17) is 4.74 Å². The normalized spacial score (nSPS) is 27.6. The van der Waals surface area contributed by atoms with Gasteiger partial charge in [-0.2, -0.15) is 0 Å². The maximum absolute atomic E-state index is 13.2. The van der Waals surface area contributed by atoms with E-state index in [9.17, 15) is 9.59 Å². The van der Waals surface area contributed by atoms with E-state index in [0.717, 1.165) is 49.2 Å². The number of likely N-dealkylation sites (tertiary alicyclic amines) is 1. The van der Waals surface area contributed by atoms with Gasteiger partial charge in [0, 0.05) is 32.1 Å². The van der Waals surface area contributed by atoms with E-state index < -0.39 is 0 Å². The van der Waals surface area contributed by atoms with E-state index in [1.807, 2.05) is 29.2 Å². The van der Waals surface area contributed by atoms with Gasteiger partial charge in [0.2, 0.25) is 0 Å². The van der Waals surface area contributed by atoms with Gasteiger partial charge in [0.25, 0.3) is 11.5 Å². The number of nitrogens with zero attached hydrogens (tertiary/aromatic N) is 2. The highest BCUT2D eigenvalue weighted by Gasteiger charge is 2.44. The third-order valence-electron chi connectivity index (χ3n) is 7.02. The van der Waals surface area contributed by atoms with Crippen LogP contribution in [0.1, 0.15) is 40.9 Å². The molecule has 3 aliphatic rings. The molecule has 2 fully saturated rings. The van der Waals surface area contributed by atoms with Gasteiger partial charge in [-0.15, -0.1) is 0 Å². The van der Waals surface area contributed by atoms with Gasteiger partial charge < -0.3 is 19.9 Å². The van der Waals surface area contributed by atoms with Crippen LogP contribution in [0.5, 0.6) is 0 Å². The van der Waals surface area contributed by atoms with Gasteiger partial charge in [0.1, 0.15) is 11.4 Å². The number of aryl methyl sites for hydroxylation is 2. The molecule has 30 heavy (non-hydrogen) atoms. The van der Waals surface area contributed by atoms with Crippen LogP contribution in [-0.2, 0) is 17.6 Å². The second-order valence-electron chi connectivity index (χ2n) is 8.81. The zero-order valence-electron chi connectivity index (χ0n) is 17.3. The number of aromatic amines is 1. The van der Waals surface area contributed by atoms with Gasteiger partial charge in [0.05, 0.1) is 12.1 Å². The second kappa shape index (κ2) is 7.87. The summed E-state index contributed by atoms with van der Waals surface area (Å²) in [6, 6.07) is 7.81. The third-order valence-corrected chi connectivity index (χ3v) is 7.02. The summed E-state index contributed by atoms with van der Waals surface area (Å²) in [6.07, 6.45) is 6.55. The van der Waals surface area contributed by atoms with Crippen LogP contribution in [0.4, 0.5) is 5.82 Å². The fraction of sp³-hybridized carbons (Fsp3) is 0.522. The minimum atomic E-state index is -0.250. The molecular formula is C23H28N4O3. The van der Waals surface area contributed by atoms with Crippen molar-refractivity contribution in [1.82, 2.24) is 14.9 Å². The first-order chi connectivity index (χ1) is 14.6. The summed E-state index contributed by atoms with van der Waals surface area (Å²) in [6.45, 7) is 1.38. The molecule has 158 valence electrons. The number of methoxy groups -OCH3 is 1. The lowest BCUT2D eigenvalue weighted by molar-refractivity contribution is 0.0304. The minimum absolute atomic E-state index is 0.0757. The van der Waals surface area contributed by atoms with Crippen molar-refractivity contribution in [1.29, 1.82) is 0 Å². The first-order valence-electron chi connectivity index (χ1n) is 10.9. The first kappa shape index (κ1) is 19.3. The maximum atomic E-state index is 13.2. The Morgan fingerprint density at radius 2 is 2.07 bits per heavy atom. The van der Waals surface area contributed by atoms with Crippen molar-refractivity contribution >= 4 is 11.7 Å². The molecule has 0 aromatic carbocycles. The Morgan fingerprint density at radius 1 is 1.23 bits per heavy atom. The first-order valence-corrected chi connectivity index (χ1v) is 10.9. The largest absolute Gasteiger partial charge is 0.379 e. The molecule has 5 rings (SSSR count). The fourth-order valence-corrected chi connectivity index (χ4v) is 5.47. The zero-order valence-corrected chi connectivity index (χ0v) is 17.3. The number of carbonyl (C=O) groups is 1. The lowest BCUT2D eigenvalue weighted by atomic mass is 9.77. The number of rotatable bonds is 4. The van der Waals surface area contributed by atoms with Crippen molar-refractivity contribution in [3.63, 3.8) is 0 Å². The predicted molar refractivity (Wildman–Crippen MR) is 114 cm³/mol. The summed E-state index contributed by atoms with van der Waals surface area (Å²) >= 11 is 0.